The number of hydrogen-bond donors (Lipinski definition) is 2. The summed E-state index contributed by atoms with van der Waals surface area (Å²) in [6.07, 6.45) is 5.06. The van der Waals surface area contributed by atoms with E-state index in [9.17, 15) is 9.90 Å². The monoisotopic (exact) mass is 275 g/mol. The van der Waals surface area contributed by atoms with Gasteiger partial charge in [-0.25, -0.2) is 0 Å². The van der Waals surface area contributed by atoms with Crippen LogP contribution in [0.15, 0.2) is 36.4 Å². The third kappa shape index (κ3) is 4.47. The molecule has 0 aromatic heterocycles. The fraction of sp³-hybridized carbons (Fsp3) is 0.438. The Bertz CT molecular complexity index is 484. The van der Waals surface area contributed by atoms with Crippen LogP contribution in [0.5, 0.6) is 0 Å². The van der Waals surface area contributed by atoms with Gasteiger partial charge in [-0.2, -0.15) is 0 Å². The minimum atomic E-state index is -0.537. The third-order valence-corrected chi connectivity index (χ3v) is 3.34. The molecule has 1 aromatic carbocycles. The van der Waals surface area contributed by atoms with Crippen LogP contribution in [-0.2, 0) is 22.6 Å². The van der Waals surface area contributed by atoms with E-state index < -0.39 is 6.10 Å². The van der Waals surface area contributed by atoms with Crippen molar-refractivity contribution in [2.24, 2.45) is 0 Å². The van der Waals surface area contributed by atoms with Crippen molar-refractivity contribution < 1.29 is 14.6 Å². The lowest BCUT2D eigenvalue weighted by Crippen LogP contribution is -2.23. The van der Waals surface area contributed by atoms with Gasteiger partial charge in [0.15, 0.2) is 0 Å². The quantitative estimate of drug-likeness (QED) is 0.775. The maximum absolute atomic E-state index is 11.1. The number of rotatable bonds is 6. The lowest BCUT2D eigenvalue weighted by Gasteiger charge is -2.09. The molecule has 1 amide bonds. The zero-order valence-electron chi connectivity index (χ0n) is 11.7. The summed E-state index contributed by atoms with van der Waals surface area (Å²) < 4.78 is 5.10. The maximum Gasteiger partial charge on any atom is 0.220 e. The second-order valence-electron chi connectivity index (χ2n) is 5.12. The SMILES string of the molecule is COCc1cccc(C[C@H](O)/C=C/[C@H]2CCC(=O)N2)c1. The number of carbonyl (C=O) groups excluding carboxylic acids is 1. The minimum absolute atomic E-state index is 0.0666. The van der Waals surface area contributed by atoms with Crippen LogP contribution in [0.4, 0.5) is 0 Å². The lowest BCUT2D eigenvalue weighted by atomic mass is 10.0. The molecular weight excluding hydrogens is 254 g/mol. The number of aliphatic hydroxyl groups is 1. The second-order valence-corrected chi connectivity index (χ2v) is 5.12. The predicted octanol–water partition coefficient (Wildman–Crippen LogP) is 1.57. The minimum Gasteiger partial charge on any atom is -0.389 e. The van der Waals surface area contributed by atoms with Gasteiger partial charge in [-0.3, -0.25) is 4.79 Å². The van der Waals surface area contributed by atoms with E-state index in [0.717, 1.165) is 17.5 Å². The molecule has 1 aromatic rings. The molecule has 0 spiro atoms. The maximum atomic E-state index is 11.1. The number of methoxy groups -OCH3 is 1. The normalized spacial score (nSPS) is 20.3. The first-order chi connectivity index (χ1) is 9.67. The standard InChI is InChI=1S/C16H21NO3/c1-20-11-13-4-2-3-12(9-13)10-15(18)7-5-14-6-8-16(19)17-14/h2-5,7,9,14-15,18H,6,8,10-11H2,1H3,(H,17,19)/b7-5+/t14-,15+/m0/s1. The highest BCUT2D eigenvalue weighted by atomic mass is 16.5. The fourth-order valence-corrected chi connectivity index (χ4v) is 2.37. The molecule has 0 saturated carbocycles. The number of ether oxygens (including phenoxy) is 1. The van der Waals surface area contributed by atoms with Gasteiger partial charge in [-0.15, -0.1) is 0 Å². The molecule has 1 heterocycles. The largest absolute Gasteiger partial charge is 0.389 e. The Kier molecular flexibility index (Phi) is 5.32. The van der Waals surface area contributed by atoms with E-state index >= 15 is 0 Å². The fourth-order valence-electron chi connectivity index (χ4n) is 2.37. The highest BCUT2D eigenvalue weighted by Gasteiger charge is 2.17. The number of carbonyl (C=O) groups is 1. The van der Waals surface area contributed by atoms with Crippen LogP contribution in [0.1, 0.15) is 24.0 Å². The van der Waals surface area contributed by atoms with Crippen molar-refractivity contribution in [3.63, 3.8) is 0 Å². The van der Waals surface area contributed by atoms with Gasteiger partial charge in [-0.05, 0) is 17.5 Å². The Morgan fingerprint density at radius 3 is 3.00 bits per heavy atom. The first-order valence-corrected chi connectivity index (χ1v) is 6.90. The molecule has 2 rings (SSSR count). The summed E-state index contributed by atoms with van der Waals surface area (Å²) in [7, 11) is 1.67. The highest BCUT2D eigenvalue weighted by Crippen LogP contribution is 2.11. The summed E-state index contributed by atoms with van der Waals surface area (Å²) in [5, 5.41) is 12.9. The summed E-state index contributed by atoms with van der Waals surface area (Å²) in [6.45, 7) is 0.577. The van der Waals surface area contributed by atoms with E-state index in [1.165, 1.54) is 0 Å². The van der Waals surface area contributed by atoms with Crippen LogP contribution in [0.25, 0.3) is 0 Å². The first-order valence-electron chi connectivity index (χ1n) is 6.90. The molecule has 4 nitrogen and oxygen atoms in total. The van der Waals surface area contributed by atoms with Crippen LogP contribution >= 0.6 is 0 Å². The number of aliphatic hydroxyl groups excluding tert-OH is 1. The Morgan fingerprint density at radius 1 is 1.50 bits per heavy atom. The van der Waals surface area contributed by atoms with Crippen LogP contribution in [-0.4, -0.2) is 30.3 Å². The average Bonchev–Trinajstić information content (AvgIpc) is 2.83. The molecule has 0 unspecified atom stereocenters. The van der Waals surface area contributed by atoms with Crippen molar-refractivity contribution in [1.29, 1.82) is 0 Å². The van der Waals surface area contributed by atoms with E-state index in [0.29, 0.717) is 19.4 Å². The van der Waals surface area contributed by atoms with Gasteiger partial charge in [0.2, 0.25) is 5.91 Å². The third-order valence-electron chi connectivity index (χ3n) is 3.34. The summed E-state index contributed by atoms with van der Waals surface area (Å²) in [4.78, 5) is 11.1. The summed E-state index contributed by atoms with van der Waals surface area (Å²) in [6, 6.07) is 8.07. The van der Waals surface area contributed by atoms with Crippen LogP contribution in [0.2, 0.25) is 0 Å². The number of nitrogens with one attached hydrogen (secondary N) is 1. The topological polar surface area (TPSA) is 58.6 Å². The van der Waals surface area contributed by atoms with Gasteiger partial charge in [0.05, 0.1) is 12.7 Å². The average molecular weight is 275 g/mol. The van der Waals surface area contributed by atoms with Crippen LogP contribution in [0, 0.1) is 0 Å². The Morgan fingerprint density at radius 2 is 2.30 bits per heavy atom. The van der Waals surface area contributed by atoms with E-state index in [2.05, 4.69) is 5.32 Å². The van der Waals surface area contributed by atoms with Crippen LogP contribution in [0.3, 0.4) is 0 Å². The molecule has 0 aliphatic carbocycles. The number of benzene rings is 1. The molecule has 4 heteroatoms. The molecule has 20 heavy (non-hydrogen) atoms. The first kappa shape index (κ1) is 14.8. The summed E-state index contributed by atoms with van der Waals surface area (Å²) in [5.74, 6) is 0.0846. The summed E-state index contributed by atoms with van der Waals surface area (Å²) >= 11 is 0. The highest BCUT2D eigenvalue weighted by molar-refractivity contribution is 5.78. The zero-order chi connectivity index (χ0) is 14.4. The molecule has 1 saturated heterocycles. The van der Waals surface area contributed by atoms with Gasteiger partial charge in [0, 0.05) is 26.0 Å². The molecule has 108 valence electrons. The molecule has 0 bridgehead atoms. The predicted molar refractivity (Wildman–Crippen MR) is 77.2 cm³/mol. The van der Waals surface area contributed by atoms with E-state index in [1.54, 1.807) is 13.2 Å². The lowest BCUT2D eigenvalue weighted by molar-refractivity contribution is -0.119. The Labute approximate surface area is 119 Å². The molecule has 1 aliphatic heterocycles. The van der Waals surface area contributed by atoms with Gasteiger partial charge in [0.1, 0.15) is 0 Å². The van der Waals surface area contributed by atoms with Crippen molar-refractivity contribution in [3.8, 4) is 0 Å². The van der Waals surface area contributed by atoms with Gasteiger partial charge >= 0.3 is 0 Å². The van der Waals surface area contributed by atoms with Crippen molar-refractivity contribution >= 4 is 5.91 Å². The molecule has 2 atom stereocenters. The molecular formula is C16H21NO3. The van der Waals surface area contributed by atoms with Crippen molar-refractivity contribution in [2.75, 3.05) is 7.11 Å². The van der Waals surface area contributed by atoms with Gasteiger partial charge in [0.25, 0.3) is 0 Å². The summed E-state index contributed by atoms with van der Waals surface area (Å²) in [5.41, 5.74) is 2.18. The number of hydrogen-bond acceptors (Lipinski definition) is 3. The molecule has 1 aliphatic rings. The van der Waals surface area contributed by atoms with Crippen molar-refractivity contribution in [3.05, 3.63) is 47.5 Å². The van der Waals surface area contributed by atoms with Crippen molar-refractivity contribution in [2.45, 2.75) is 38.0 Å². The van der Waals surface area contributed by atoms with E-state index in [4.69, 9.17) is 4.74 Å². The van der Waals surface area contributed by atoms with Crippen LogP contribution < -0.4 is 5.32 Å². The van der Waals surface area contributed by atoms with Gasteiger partial charge in [-0.1, -0.05) is 36.4 Å². The molecule has 1 fully saturated rings. The molecule has 0 radical (unpaired) electrons. The second kappa shape index (κ2) is 7.22. The smallest absolute Gasteiger partial charge is 0.220 e. The van der Waals surface area contributed by atoms with E-state index in [-0.39, 0.29) is 11.9 Å². The Balaban J connectivity index is 1.87. The zero-order valence-corrected chi connectivity index (χ0v) is 11.7. The number of amides is 1. The van der Waals surface area contributed by atoms with Crippen molar-refractivity contribution in [1.82, 2.24) is 5.32 Å². The van der Waals surface area contributed by atoms with E-state index in [1.807, 2.05) is 30.3 Å². The molecule has 2 N–H and O–H groups in total. The van der Waals surface area contributed by atoms with Gasteiger partial charge < -0.3 is 15.2 Å². The Hall–Kier alpha value is -1.65.